The first kappa shape index (κ1) is 16.5. The van der Waals surface area contributed by atoms with Crippen molar-refractivity contribution in [3.05, 3.63) is 42.5 Å². The van der Waals surface area contributed by atoms with Gasteiger partial charge in [-0.2, -0.15) is 0 Å². The average molecular weight is 323 g/mol. The van der Waals surface area contributed by atoms with Gasteiger partial charge in [0, 0.05) is 8.07 Å². The number of benzene rings is 1. The van der Waals surface area contributed by atoms with Gasteiger partial charge in [-0.1, -0.05) is 62.8 Å². The van der Waals surface area contributed by atoms with Crippen molar-refractivity contribution in [1.29, 1.82) is 0 Å². The van der Waals surface area contributed by atoms with Crippen LogP contribution in [0.4, 0.5) is 0 Å². The molecule has 0 unspecified atom stereocenters. The molecule has 1 aliphatic carbocycles. The van der Waals surface area contributed by atoms with Crippen LogP contribution in [0.1, 0.15) is 25.7 Å². The van der Waals surface area contributed by atoms with Crippen molar-refractivity contribution in [2.24, 2.45) is 0 Å². The monoisotopic (exact) mass is 322 g/mol. The number of allylic oxidation sites excluding steroid dienone is 1. The zero-order valence-electron chi connectivity index (χ0n) is 13.3. The molecule has 0 heterocycles. The Hall–Kier alpha value is -0.873. The molecule has 0 saturated heterocycles. The summed E-state index contributed by atoms with van der Waals surface area (Å²) in [4.78, 5) is 0.463. The molecule has 1 fully saturated rings. The molecule has 0 bridgehead atoms. The largest absolute Gasteiger partial charge is 0.223 e. The number of sulfone groups is 1. The van der Waals surface area contributed by atoms with Gasteiger partial charge in [0.2, 0.25) is 0 Å². The molecular weight excluding hydrogens is 296 g/mol. The molecule has 1 aliphatic rings. The summed E-state index contributed by atoms with van der Waals surface area (Å²) in [5.41, 5.74) is 0. The summed E-state index contributed by atoms with van der Waals surface area (Å²) in [6.07, 6.45) is 7.67. The lowest BCUT2D eigenvalue weighted by molar-refractivity contribution is 0.553. The van der Waals surface area contributed by atoms with Gasteiger partial charge < -0.3 is 0 Å². The average Bonchev–Trinajstić information content (AvgIpc) is 2.89. The van der Waals surface area contributed by atoms with E-state index in [1.54, 1.807) is 24.3 Å². The van der Waals surface area contributed by atoms with Gasteiger partial charge in [0.25, 0.3) is 0 Å². The van der Waals surface area contributed by atoms with Gasteiger partial charge in [0.1, 0.15) is 0 Å². The Kier molecular flexibility index (Phi) is 4.78. The van der Waals surface area contributed by atoms with Gasteiger partial charge in [-0.25, -0.2) is 8.42 Å². The third kappa shape index (κ3) is 3.66. The van der Waals surface area contributed by atoms with Crippen LogP contribution in [0.15, 0.2) is 47.4 Å². The molecule has 0 radical (unpaired) electrons. The third-order valence-corrected chi connectivity index (χ3v) is 8.16. The maximum absolute atomic E-state index is 13.1. The Morgan fingerprint density at radius 3 is 2.19 bits per heavy atom. The fourth-order valence-electron chi connectivity index (χ4n) is 2.96. The molecule has 1 saturated carbocycles. The minimum absolute atomic E-state index is 0.463. The molecule has 0 amide bonds. The molecule has 1 aromatic rings. The van der Waals surface area contributed by atoms with E-state index in [9.17, 15) is 8.42 Å². The minimum atomic E-state index is -3.29. The van der Waals surface area contributed by atoms with Crippen LogP contribution in [0.3, 0.4) is 0 Å². The van der Waals surface area contributed by atoms with Crippen molar-refractivity contribution in [3.8, 4) is 0 Å². The standard InChI is InChI=1S/C17H26O2SSi/c1-21(2,3)15-9-14-17(12-7-8-13-17)20(18,19)16-10-5-4-6-11-16/h4-6,9-11,14H,7-8,12-13,15H2,1-3H3/b14-9+. The van der Waals surface area contributed by atoms with E-state index in [2.05, 4.69) is 25.7 Å². The molecule has 2 nitrogen and oxygen atoms in total. The summed E-state index contributed by atoms with van der Waals surface area (Å²) in [7, 11) is -4.47. The SMILES string of the molecule is C[Si](C)(C)C/C=C/C1(S(=O)(=O)c2ccccc2)CCCC1. The third-order valence-electron chi connectivity index (χ3n) is 4.19. The first-order valence-corrected chi connectivity index (χ1v) is 12.9. The van der Waals surface area contributed by atoms with E-state index >= 15 is 0 Å². The Labute approximate surface area is 130 Å². The van der Waals surface area contributed by atoms with Crippen LogP contribution in [0.2, 0.25) is 25.7 Å². The van der Waals surface area contributed by atoms with Crippen molar-refractivity contribution in [2.45, 2.75) is 61.0 Å². The summed E-state index contributed by atoms with van der Waals surface area (Å²) in [6.45, 7) is 6.93. The molecule has 0 spiro atoms. The topological polar surface area (TPSA) is 34.1 Å². The molecule has 2 rings (SSSR count). The predicted octanol–water partition coefficient (Wildman–Crippen LogP) is 4.67. The molecular formula is C17H26O2SSi. The molecule has 0 aromatic heterocycles. The van der Waals surface area contributed by atoms with E-state index in [1.165, 1.54) is 0 Å². The fourth-order valence-corrected chi connectivity index (χ4v) is 5.87. The summed E-state index contributed by atoms with van der Waals surface area (Å²) < 4.78 is 25.5. The number of rotatable bonds is 5. The lowest BCUT2D eigenvalue weighted by atomic mass is 10.1. The van der Waals surface area contributed by atoms with Crippen LogP contribution in [0, 0.1) is 0 Å². The second-order valence-corrected chi connectivity index (χ2v) is 15.1. The minimum Gasteiger partial charge on any atom is -0.223 e. The predicted molar refractivity (Wildman–Crippen MR) is 92.1 cm³/mol. The Morgan fingerprint density at radius 2 is 1.67 bits per heavy atom. The molecule has 0 N–H and O–H groups in total. The zero-order chi connectivity index (χ0) is 15.6. The van der Waals surface area contributed by atoms with Crippen LogP contribution >= 0.6 is 0 Å². The van der Waals surface area contributed by atoms with Crippen molar-refractivity contribution in [1.82, 2.24) is 0 Å². The first-order chi connectivity index (χ1) is 9.77. The van der Waals surface area contributed by atoms with Gasteiger partial charge in [0.05, 0.1) is 9.64 Å². The number of hydrogen-bond donors (Lipinski definition) is 0. The number of hydrogen-bond acceptors (Lipinski definition) is 2. The molecule has 0 aliphatic heterocycles. The van der Waals surface area contributed by atoms with Crippen molar-refractivity contribution < 1.29 is 8.42 Å². The zero-order valence-corrected chi connectivity index (χ0v) is 15.1. The lowest BCUT2D eigenvalue weighted by Gasteiger charge is -2.26. The van der Waals surface area contributed by atoms with E-state index in [0.717, 1.165) is 31.7 Å². The second kappa shape index (κ2) is 6.09. The van der Waals surface area contributed by atoms with E-state index in [0.29, 0.717) is 4.90 Å². The van der Waals surface area contributed by atoms with Gasteiger partial charge in [-0.05, 0) is 31.0 Å². The highest BCUT2D eigenvalue weighted by atomic mass is 32.2. The van der Waals surface area contributed by atoms with Crippen LogP contribution in [-0.4, -0.2) is 21.2 Å². The highest BCUT2D eigenvalue weighted by Gasteiger charge is 2.44. The quantitative estimate of drug-likeness (QED) is 0.583. The van der Waals surface area contributed by atoms with Crippen LogP contribution in [-0.2, 0) is 9.84 Å². The van der Waals surface area contributed by atoms with Crippen molar-refractivity contribution in [3.63, 3.8) is 0 Å². The van der Waals surface area contributed by atoms with Gasteiger partial charge in [-0.3, -0.25) is 0 Å². The Balaban J connectivity index is 2.35. The maximum Gasteiger partial charge on any atom is 0.187 e. The van der Waals surface area contributed by atoms with Crippen LogP contribution in [0.25, 0.3) is 0 Å². The van der Waals surface area contributed by atoms with Gasteiger partial charge >= 0.3 is 0 Å². The molecule has 116 valence electrons. The van der Waals surface area contributed by atoms with E-state index in [1.807, 2.05) is 12.1 Å². The second-order valence-electron chi connectivity index (χ2n) is 7.26. The van der Waals surface area contributed by atoms with Crippen LogP contribution < -0.4 is 0 Å². The van der Waals surface area contributed by atoms with Crippen molar-refractivity contribution >= 4 is 17.9 Å². The van der Waals surface area contributed by atoms with Crippen molar-refractivity contribution in [2.75, 3.05) is 0 Å². The lowest BCUT2D eigenvalue weighted by Crippen LogP contribution is -2.33. The molecule has 0 atom stereocenters. The van der Waals surface area contributed by atoms with E-state index < -0.39 is 22.7 Å². The molecule has 4 heteroatoms. The smallest absolute Gasteiger partial charge is 0.187 e. The Bertz CT molecular complexity index is 591. The highest BCUT2D eigenvalue weighted by molar-refractivity contribution is 7.93. The normalized spacial score (nSPS) is 19.2. The highest BCUT2D eigenvalue weighted by Crippen LogP contribution is 2.41. The van der Waals surface area contributed by atoms with Crippen LogP contribution in [0.5, 0.6) is 0 Å². The van der Waals surface area contributed by atoms with Gasteiger partial charge in [0.15, 0.2) is 9.84 Å². The fraction of sp³-hybridized carbons (Fsp3) is 0.529. The molecule has 1 aromatic carbocycles. The van der Waals surface area contributed by atoms with Gasteiger partial charge in [-0.15, -0.1) is 0 Å². The van der Waals surface area contributed by atoms with E-state index in [-0.39, 0.29) is 0 Å². The van der Waals surface area contributed by atoms with E-state index in [4.69, 9.17) is 0 Å². The molecule has 21 heavy (non-hydrogen) atoms. The Morgan fingerprint density at radius 1 is 1.10 bits per heavy atom. The summed E-state index contributed by atoms with van der Waals surface area (Å²) in [6, 6.07) is 9.96. The first-order valence-electron chi connectivity index (χ1n) is 7.74. The summed E-state index contributed by atoms with van der Waals surface area (Å²) in [5, 5.41) is 0. The summed E-state index contributed by atoms with van der Waals surface area (Å²) in [5.74, 6) is 0. The maximum atomic E-state index is 13.1. The summed E-state index contributed by atoms with van der Waals surface area (Å²) >= 11 is 0.